The minimum atomic E-state index is -4.43. The largest absolute Gasteiger partial charge is 0.416 e. The number of benzene rings is 1. The highest BCUT2D eigenvalue weighted by Gasteiger charge is 2.31. The van der Waals surface area contributed by atoms with E-state index in [4.69, 9.17) is 5.26 Å². The maximum absolute atomic E-state index is 12.5. The van der Waals surface area contributed by atoms with Crippen molar-refractivity contribution in [3.05, 3.63) is 53.1 Å². The van der Waals surface area contributed by atoms with Gasteiger partial charge in [-0.25, -0.2) is 0 Å². The summed E-state index contributed by atoms with van der Waals surface area (Å²) in [7, 11) is 0. The highest BCUT2D eigenvalue weighted by molar-refractivity contribution is 5.70. The van der Waals surface area contributed by atoms with Crippen LogP contribution in [0.4, 0.5) is 13.2 Å². The summed E-state index contributed by atoms with van der Waals surface area (Å²) in [5.74, 6) is 0. The molecule has 0 saturated heterocycles. The SMILES string of the molecule is C/C=C\C=C(/C)c1ccc(C(F)(F)F)cc1C#N. The summed E-state index contributed by atoms with van der Waals surface area (Å²) in [6, 6.07) is 5.00. The van der Waals surface area contributed by atoms with Crippen LogP contribution in [0.1, 0.15) is 30.5 Å². The number of nitriles is 1. The fraction of sp³-hybridized carbons (Fsp3) is 0.214. The van der Waals surface area contributed by atoms with E-state index < -0.39 is 11.7 Å². The van der Waals surface area contributed by atoms with E-state index in [-0.39, 0.29) is 5.56 Å². The molecular formula is C14H12F3N. The quantitative estimate of drug-likeness (QED) is 0.707. The molecule has 0 aliphatic rings. The molecule has 1 aromatic rings. The fourth-order valence-corrected chi connectivity index (χ4v) is 1.49. The predicted molar refractivity (Wildman–Crippen MR) is 64.6 cm³/mol. The van der Waals surface area contributed by atoms with Crippen LogP contribution in [-0.4, -0.2) is 0 Å². The van der Waals surface area contributed by atoms with Crippen LogP contribution in [0.5, 0.6) is 0 Å². The second kappa shape index (κ2) is 5.54. The molecule has 0 spiro atoms. The average Bonchev–Trinajstić information content (AvgIpc) is 2.34. The van der Waals surface area contributed by atoms with Gasteiger partial charge in [-0.1, -0.05) is 24.3 Å². The van der Waals surface area contributed by atoms with Crippen LogP contribution in [0, 0.1) is 11.3 Å². The number of hydrogen-bond donors (Lipinski definition) is 0. The zero-order valence-electron chi connectivity index (χ0n) is 10.0. The molecule has 0 fully saturated rings. The monoisotopic (exact) mass is 251 g/mol. The molecule has 0 aliphatic carbocycles. The number of nitrogens with zero attached hydrogens (tertiary/aromatic N) is 1. The highest BCUT2D eigenvalue weighted by Crippen LogP contribution is 2.31. The molecule has 0 unspecified atom stereocenters. The van der Waals surface area contributed by atoms with E-state index in [9.17, 15) is 13.2 Å². The Hall–Kier alpha value is -2.02. The molecule has 1 nitrogen and oxygen atoms in total. The van der Waals surface area contributed by atoms with E-state index in [1.54, 1.807) is 31.2 Å². The summed E-state index contributed by atoms with van der Waals surface area (Å²) in [4.78, 5) is 0. The van der Waals surface area contributed by atoms with E-state index in [1.165, 1.54) is 6.07 Å². The van der Waals surface area contributed by atoms with Crippen molar-refractivity contribution in [2.45, 2.75) is 20.0 Å². The van der Waals surface area contributed by atoms with E-state index in [0.29, 0.717) is 5.56 Å². The fourth-order valence-electron chi connectivity index (χ4n) is 1.49. The summed E-state index contributed by atoms with van der Waals surface area (Å²) in [5, 5.41) is 8.92. The van der Waals surface area contributed by atoms with Crippen molar-refractivity contribution in [3.63, 3.8) is 0 Å². The standard InChI is InChI=1S/C14H12F3N/c1-3-4-5-10(2)13-7-6-12(14(15,16)17)8-11(13)9-18/h3-8H,1-2H3/b4-3-,10-5+. The van der Waals surface area contributed by atoms with Gasteiger partial charge in [-0.2, -0.15) is 18.4 Å². The Kier molecular flexibility index (Phi) is 4.33. The molecule has 0 heterocycles. The van der Waals surface area contributed by atoms with E-state index in [2.05, 4.69) is 0 Å². The van der Waals surface area contributed by atoms with Gasteiger partial charge in [-0.05, 0) is 37.1 Å². The van der Waals surface area contributed by atoms with Crippen LogP contribution in [-0.2, 0) is 6.18 Å². The van der Waals surface area contributed by atoms with Crippen molar-refractivity contribution in [1.29, 1.82) is 5.26 Å². The lowest BCUT2D eigenvalue weighted by Gasteiger charge is -2.09. The van der Waals surface area contributed by atoms with Crippen molar-refractivity contribution in [3.8, 4) is 6.07 Å². The second-order valence-electron chi connectivity index (χ2n) is 3.75. The third-order valence-corrected chi connectivity index (χ3v) is 2.43. The van der Waals surface area contributed by atoms with Crippen LogP contribution in [0.3, 0.4) is 0 Å². The molecule has 0 bridgehead atoms. The van der Waals surface area contributed by atoms with Gasteiger partial charge in [0, 0.05) is 0 Å². The lowest BCUT2D eigenvalue weighted by atomic mass is 9.98. The lowest BCUT2D eigenvalue weighted by molar-refractivity contribution is -0.137. The smallest absolute Gasteiger partial charge is 0.192 e. The average molecular weight is 251 g/mol. The zero-order chi connectivity index (χ0) is 13.8. The minimum Gasteiger partial charge on any atom is -0.192 e. The van der Waals surface area contributed by atoms with Crippen LogP contribution in [0.25, 0.3) is 5.57 Å². The predicted octanol–water partition coefficient (Wildman–Crippen LogP) is 4.56. The molecule has 0 N–H and O–H groups in total. The number of alkyl halides is 3. The van der Waals surface area contributed by atoms with Gasteiger partial charge < -0.3 is 0 Å². The lowest BCUT2D eigenvalue weighted by Crippen LogP contribution is -2.05. The summed E-state index contributed by atoms with van der Waals surface area (Å²) < 4.78 is 37.5. The van der Waals surface area contributed by atoms with Crippen LogP contribution < -0.4 is 0 Å². The Labute approximate surface area is 104 Å². The van der Waals surface area contributed by atoms with Gasteiger partial charge in [0.25, 0.3) is 0 Å². The van der Waals surface area contributed by atoms with Crippen molar-refractivity contribution < 1.29 is 13.2 Å². The minimum absolute atomic E-state index is 0.0306. The molecule has 0 radical (unpaired) electrons. The third kappa shape index (κ3) is 3.24. The first-order chi connectivity index (χ1) is 8.40. The van der Waals surface area contributed by atoms with Crippen molar-refractivity contribution in [2.75, 3.05) is 0 Å². The van der Waals surface area contributed by atoms with Crippen molar-refractivity contribution >= 4 is 5.57 Å². The number of halogens is 3. The maximum Gasteiger partial charge on any atom is 0.416 e. The first kappa shape index (κ1) is 14.0. The van der Waals surface area contributed by atoms with Gasteiger partial charge in [0.05, 0.1) is 17.2 Å². The molecule has 0 amide bonds. The van der Waals surface area contributed by atoms with Crippen LogP contribution in [0.15, 0.2) is 36.4 Å². The first-order valence-corrected chi connectivity index (χ1v) is 5.31. The molecule has 0 atom stereocenters. The van der Waals surface area contributed by atoms with Gasteiger partial charge in [-0.3, -0.25) is 0 Å². The molecular weight excluding hydrogens is 239 g/mol. The van der Waals surface area contributed by atoms with Crippen molar-refractivity contribution in [2.24, 2.45) is 0 Å². The molecule has 0 aromatic heterocycles. The molecule has 0 saturated carbocycles. The summed E-state index contributed by atoms with van der Waals surface area (Å²) in [5.41, 5.74) is 0.492. The van der Waals surface area contributed by atoms with E-state index in [0.717, 1.165) is 17.7 Å². The topological polar surface area (TPSA) is 23.8 Å². The van der Waals surface area contributed by atoms with Gasteiger partial charge in [-0.15, -0.1) is 0 Å². The number of rotatable bonds is 2. The van der Waals surface area contributed by atoms with Crippen LogP contribution >= 0.6 is 0 Å². The molecule has 1 aromatic carbocycles. The van der Waals surface area contributed by atoms with Crippen molar-refractivity contribution in [1.82, 2.24) is 0 Å². The van der Waals surface area contributed by atoms with Gasteiger partial charge in [0.15, 0.2) is 0 Å². The zero-order valence-corrected chi connectivity index (χ0v) is 10.0. The van der Waals surface area contributed by atoms with Gasteiger partial charge in [0.2, 0.25) is 0 Å². The Morgan fingerprint density at radius 2 is 2.00 bits per heavy atom. The van der Waals surface area contributed by atoms with Crippen LogP contribution in [0.2, 0.25) is 0 Å². The maximum atomic E-state index is 12.5. The molecule has 94 valence electrons. The van der Waals surface area contributed by atoms with E-state index in [1.807, 2.05) is 6.92 Å². The van der Waals surface area contributed by atoms with Gasteiger partial charge in [0.1, 0.15) is 0 Å². The molecule has 4 heteroatoms. The summed E-state index contributed by atoms with van der Waals surface area (Å²) in [6.07, 6.45) is 0.905. The normalized spacial score (nSPS) is 12.8. The highest BCUT2D eigenvalue weighted by atomic mass is 19.4. The molecule has 1 rings (SSSR count). The Balaban J connectivity index is 3.30. The Morgan fingerprint density at radius 3 is 2.50 bits per heavy atom. The first-order valence-electron chi connectivity index (χ1n) is 5.31. The number of hydrogen-bond acceptors (Lipinski definition) is 1. The Morgan fingerprint density at radius 1 is 1.33 bits per heavy atom. The molecule has 18 heavy (non-hydrogen) atoms. The second-order valence-corrected chi connectivity index (χ2v) is 3.75. The summed E-state index contributed by atoms with van der Waals surface area (Å²) in [6.45, 7) is 3.59. The molecule has 0 aliphatic heterocycles. The van der Waals surface area contributed by atoms with Gasteiger partial charge >= 0.3 is 6.18 Å². The van der Waals surface area contributed by atoms with E-state index >= 15 is 0 Å². The summed E-state index contributed by atoms with van der Waals surface area (Å²) >= 11 is 0. The Bertz CT molecular complexity index is 531. The third-order valence-electron chi connectivity index (χ3n) is 2.43. The number of allylic oxidation sites excluding steroid dienone is 4.